The Bertz CT molecular complexity index is 500. The van der Waals surface area contributed by atoms with Crippen molar-refractivity contribution in [2.24, 2.45) is 0 Å². The quantitative estimate of drug-likeness (QED) is 0.610. The predicted molar refractivity (Wildman–Crippen MR) is 62.8 cm³/mol. The Morgan fingerprint density at radius 3 is 2.72 bits per heavy atom. The fraction of sp³-hybridized carbons (Fsp3) is 0.417. The van der Waals surface area contributed by atoms with Crippen LogP contribution in [0.4, 0.5) is 10.1 Å². The zero-order valence-electron chi connectivity index (χ0n) is 9.93. The molecule has 0 atom stereocenters. The van der Waals surface area contributed by atoms with Gasteiger partial charge in [0, 0.05) is 18.7 Å². The molecule has 5 nitrogen and oxygen atoms in total. The molecule has 0 heterocycles. The summed E-state index contributed by atoms with van der Waals surface area (Å²) in [7, 11) is 0. The SMILES string of the molecule is CCN(C(=O)c1cc(F)ccc1[N+](=O)[O-])C1CC1. The molecule has 0 radical (unpaired) electrons. The number of amides is 1. The van der Waals surface area contributed by atoms with Gasteiger partial charge >= 0.3 is 0 Å². The number of nitrogens with zero attached hydrogens (tertiary/aromatic N) is 2. The van der Waals surface area contributed by atoms with E-state index in [2.05, 4.69) is 0 Å². The summed E-state index contributed by atoms with van der Waals surface area (Å²) in [6, 6.07) is 3.10. The number of halogens is 1. The molecule has 1 fully saturated rings. The summed E-state index contributed by atoms with van der Waals surface area (Å²) < 4.78 is 13.2. The molecule has 0 N–H and O–H groups in total. The highest BCUT2D eigenvalue weighted by Crippen LogP contribution is 2.30. The molecule has 0 aromatic heterocycles. The predicted octanol–water partition coefficient (Wildman–Crippen LogP) is 2.36. The zero-order valence-corrected chi connectivity index (χ0v) is 9.93. The fourth-order valence-corrected chi connectivity index (χ4v) is 1.95. The number of nitro groups is 1. The largest absolute Gasteiger partial charge is 0.336 e. The first-order chi connectivity index (χ1) is 8.54. The van der Waals surface area contributed by atoms with Crippen LogP contribution in [0.5, 0.6) is 0 Å². The number of benzene rings is 1. The van der Waals surface area contributed by atoms with Crippen molar-refractivity contribution >= 4 is 11.6 Å². The van der Waals surface area contributed by atoms with E-state index in [1.54, 1.807) is 11.8 Å². The van der Waals surface area contributed by atoms with Gasteiger partial charge in [-0.15, -0.1) is 0 Å². The van der Waals surface area contributed by atoms with Crippen LogP contribution in [0.2, 0.25) is 0 Å². The Balaban J connectivity index is 2.38. The topological polar surface area (TPSA) is 63.5 Å². The molecule has 1 saturated carbocycles. The molecule has 0 bridgehead atoms. The molecular formula is C12H13FN2O3. The maximum Gasteiger partial charge on any atom is 0.282 e. The summed E-state index contributed by atoms with van der Waals surface area (Å²) in [6.45, 7) is 2.28. The van der Waals surface area contributed by atoms with Crippen LogP contribution in [0.15, 0.2) is 18.2 Å². The van der Waals surface area contributed by atoms with Gasteiger partial charge < -0.3 is 4.90 Å². The van der Waals surface area contributed by atoms with Gasteiger partial charge in [0.2, 0.25) is 0 Å². The molecule has 96 valence electrons. The zero-order chi connectivity index (χ0) is 13.3. The summed E-state index contributed by atoms with van der Waals surface area (Å²) in [5, 5.41) is 10.8. The Morgan fingerprint density at radius 1 is 1.56 bits per heavy atom. The molecule has 1 aromatic carbocycles. The average molecular weight is 252 g/mol. The lowest BCUT2D eigenvalue weighted by molar-refractivity contribution is -0.385. The molecule has 0 unspecified atom stereocenters. The minimum atomic E-state index is -0.659. The van der Waals surface area contributed by atoms with Gasteiger partial charge in [-0.25, -0.2) is 4.39 Å². The smallest absolute Gasteiger partial charge is 0.282 e. The van der Waals surface area contributed by atoms with Gasteiger partial charge in [-0.1, -0.05) is 0 Å². The molecule has 0 spiro atoms. The fourth-order valence-electron chi connectivity index (χ4n) is 1.95. The molecule has 18 heavy (non-hydrogen) atoms. The summed E-state index contributed by atoms with van der Waals surface area (Å²) in [4.78, 5) is 23.9. The second-order valence-corrected chi connectivity index (χ2v) is 4.24. The molecule has 1 amide bonds. The highest BCUT2D eigenvalue weighted by Gasteiger charge is 2.34. The Hall–Kier alpha value is -1.98. The molecule has 1 aliphatic rings. The van der Waals surface area contributed by atoms with Gasteiger partial charge in [0.1, 0.15) is 11.4 Å². The van der Waals surface area contributed by atoms with Crippen LogP contribution in [0.25, 0.3) is 0 Å². The molecule has 6 heteroatoms. The van der Waals surface area contributed by atoms with E-state index in [0.29, 0.717) is 6.54 Å². The van der Waals surface area contributed by atoms with Gasteiger partial charge in [0.15, 0.2) is 0 Å². The molecule has 1 aliphatic carbocycles. The third-order valence-electron chi connectivity index (χ3n) is 2.97. The lowest BCUT2D eigenvalue weighted by Crippen LogP contribution is -2.33. The van der Waals surface area contributed by atoms with Gasteiger partial charge in [0.05, 0.1) is 4.92 Å². The number of carbonyl (C=O) groups excluding carboxylic acids is 1. The van der Waals surface area contributed by atoms with E-state index < -0.39 is 16.6 Å². The number of nitro benzene ring substituents is 1. The summed E-state index contributed by atoms with van der Waals surface area (Å²) >= 11 is 0. The average Bonchev–Trinajstić information content (AvgIpc) is 3.13. The van der Waals surface area contributed by atoms with Crippen molar-refractivity contribution < 1.29 is 14.1 Å². The van der Waals surface area contributed by atoms with Crippen LogP contribution < -0.4 is 0 Å². The van der Waals surface area contributed by atoms with E-state index in [4.69, 9.17) is 0 Å². The van der Waals surface area contributed by atoms with Crippen molar-refractivity contribution in [3.63, 3.8) is 0 Å². The van der Waals surface area contributed by atoms with Crippen molar-refractivity contribution in [3.05, 3.63) is 39.7 Å². The molecule has 0 saturated heterocycles. The number of hydrogen-bond acceptors (Lipinski definition) is 3. The van der Waals surface area contributed by atoms with Crippen LogP contribution in [0.1, 0.15) is 30.1 Å². The van der Waals surface area contributed by atoms with Gasteiger partial charge in [-0.2, -0.15) is 0 Å². The third-order valence-corrected chi connectivity index (χ3v) is 2.97. The lowest BCUT2D eigenvalue weighted by Gasteiger charge is -2.20. The first-order valence-electron chi connectivity index (χ1n) is 5.79. The van der Waals surface area contributed by atoms with Crippen molar-refractivity contribution in [2.75, 3.05) is 6.54 Å². The van der Waals surface area contributed by atoms with Crippen molar-refractivity contribution in [2.45, 2.75) is 25.8 Å². The Kier molecular flexibility index (Phi) is 3.27. The summed E-state index contributed by atoms with van der Waals surface area (Å²) in [5.41, 5.74) is -0.519. The normalized spacial score (nSPS) is 14.3. The summed E-state index contributed by atoms with van der Waals surface area (Å²) in [6.07, 6.45) is 1.81. The van der Waals surface area contributed by atoms with Crippen LogP contribution in [0, 0.1) is 15.9 Å². The monoisotopic (exact) mass is 252 g/mol. The Labute approximate surface area is 103 Å². The van der Waals surface area contributed by atoms with Gasteiger partial charge in [-0.3, -0.25) is 14.9 Å². The van der Waals surface area contributed by atoms with E-state index in [-0.39, 0.29) is 17.3 Å². The first-order valence-corrected chi connectivity index (χ1v) is 5.79. The van der Waals surface area contributed by atoms with E-state index >= 15 is 0 Å². The van der Waals surface area contributed by atoms with Crippen LogP contribution in [-0.2, 0) is 0 Å². The second-order valence-electron chi connectivity index (χ2n) is 4.24. The molecule has 2 rings (SSSR count). The number of rotatable bonds is 4. The second kappa shape index (κ2) is 4.72. The van der Waals surface area contributed by atoms with Crippen molar-refractivity contribution in [1.29, 1.82) is 0 Å². The van der Waals surface area contributed by atoms with Crippen LogP contribution in [-0.4, -0.2) is 28.3 Å². The van der Waals surface area contributed by atoms with Crippen molar-refractivity contribution in [3.8, 4) is 0 Å². The van der Waals surface area contributed by atoms with Gasteiger partial charge in [-0.05, 0) is 31.9 Å². The highest BCUT2D eigenvalue weighted by atomic mass is 19.1. The van der Waals surface area contributed by atoms with Crippen molar-refractivity contribution in [1.82, 2.24) is 4.90 Å². The minimum Gasteiger partial charge on any atom is -0.336 e. The van der Waals surface area contributed by atoms with E-state index in [9.17, 15) is 19.3 Å². The maximum absolute atomic E-state index is 13.2. The van der Waals surface area contributed by atoms with E-state index in [0.717, 1.165) is 31.0 Å². The van der Waals surface area contributed by atoms with E-state index in [1.807, 2.05) is 0 Å². The minimum absolute atomic E-state index is 0.144. The standard InChI is InChI=1S/C12H13FN2O3/c1-2-14(9-4-5-9)12(16)10-7-8(13)3-6-11(10)15(17)18/h3,6-7,9H,2,4-5H2,1H3. The maximum atomic E-state index is 13.2. The summed E-state index contributed by atoms with van der Waals surface area (Å²) in [5.74, 6) is -1.11. The first kappa shape index (κ1) is 12.5. The number of hydrogen-bond donors (Lipinski definition) is 0. The molecule has 0 aliphatic heterocycles. The van der Waals surface area contributed by atoms with Crippen LogP contribution in [0.3, 0.4) is 0 Å². The highest BCUT2D eigenvalue weighted by molar-refractivity contribution is 5.98. The van der Waals surface area contributed by atoms with Gasteiger partial charge in [0.25, 0.3) is 11.6 Å². The molecule has 1 aromatic rings. The lowest BCUT2D eigenvalue weighted by atomic mass is 10.1. The van der Waals surface area contributed by atoms with Crippen LogP contribution >= 0.6 is 0 Å². The van der Waals surface area contributed by atoms with E-state index in [1.165, 1.54) is 0 Å². The molecular weight excluding hydrogens is 239 g/mol. The number of carbonyl (C=O) groups is 1. The third kappa shape index (κ3) is 2.32. The Morgan fingerprint density at radius 2 is 2.22 bits per heavy atom.